The molecule has 0 atom stereocenters. The molecule has 1 aliphatic carbocycles. The van der Waals surface area contributed by atoms with E-state index in [9.17, 15) is 13.2 Å². The minimum absolute atomic E-state index is 0.117. The number of aromatic nitrogens is 2. The molecule has 1 saturated carbocycles. The second-order valence-corrected chi connectivity index (χ2v) is 6.03. The summed E-state index contributed by atoms with van der Waals surface area (Å²) < 4.78 is 38.0. The SMILES string of the molecule is Cc1nc(N)nc(N)c1/C=C/C1(c2ccc(C(F)(F)F)cc2)CC1. The lowest BCUT2D eigenvalue weighted by Gasteiger charge is -2.13. The molecule has 3 rings (SSSR count). The molecular weight excluding hydrogens is 317 g/mol. The average molecular weight is 334 g/mol. The predicted octanol–water partition coefficient (Wildman–Crippen LogP) is 3.71. The summed E-state index contributed by atoms with van der Waals surface area (Å²) in [6.07, 6.45) is 1.23. The van der Waals surface area contributed by atoms with Crippen molar-refractivity contribution in [3.8, 4) is 0 Å². The minimum Gasteiger partial charge on any atom is -0.383 e. The van der Waals surface area contributed by atoms with Crippen LogP contribution < -0.4 is 11.5 Å². The van der Waals surface area contributed by atoms with Crippen molar-refractivity contribution >= 4 is 17.8 Å². The Morgan fingerprint density at radius 3 is 2.21 bits per heavy atom. The fraction of sp³-hybridized carbons (Fsp3) is 0.294. The first-order chi connectivity index (χ1) is 11.2. The first-order valence-electron chi connectivity index (χ1n) is 7.48. The molecule has 126 valence electrons. The number of nitrogen functional groups attached to an aromatic ring is 2. The molecule has 7 heteroatoms. The number of nitrogens with two attached hydrogens (primary N) is 2. The first kappa shape index (κ1) is 16.3. The van der Waals surface area contributed by atoms with Gasteiger partial charge in [-0.1, -0.05) is 24.3 Å². The van der Waals surface area contributed by atoms with Crippen molar-refractivity contribution < 1.29 is 13.2 Å². The average Bonchev–Trinajstić information content (AvgIpc) is 3.26. The van der Waals surface area contributed by atoms with Crippen LogP contribution in [-0.4, -0.2) is 9.97 Å². The Kier molecular flexibility index (Phi) is 3.74. The molecule has 1 aromatic carbocycles. The van der Waals surface area contributed by atoms with Crippen molar-refractivity contribution in [3.05, 3.63) is 52.7 Å². The number of benzene rings is 1. The van der Waals surface area contributed by atoms with Gasteiger partial charge in [0.2, 0.25) is 5.95 Å². The summed E-state index contributed by atoms with van der Waals surface area (Å²) in [7, 11) is 0. The van der Waals surface area contributed by atoms with E-state index in [1.165, 1.54) is 12.1 Å². The molecule has 0 bridgehead atoms. The van der Waals surface area contributed by atoms with Gasteiger partial charge in [0.25, 0.3) is 0 Å². The molecule has 4 nitrogen and oxygen atoms in total. The number of rotatable bonds is 3. The summed E-state index contributed by atoms with van der Waals surface area (Å²) in [6, 6.07) is 5.32. The Labute approximate surface area is 137 Å². The van der Waals surface area contributed by atoms with Crippen molar-refractivity contribution in [2.24, 2.45) is 0 Å². The van der Waals surface area contributed by atoms with Crippen LogP contribution in [0.3, 0.4) is 0 Å². The molecule has 1 aromatic heterocycles. The van der Waals surface area contributed by atoms with Crippen molar-refractivity contribution in [2.45, 2.75) is 31.4 Å². The topological polar surface area (TPSA) is 77.8 Å². The van der Waals surface area contributed by atoms with Crippen molar-refractivity contribution in [3.63, 3.8) is 0 Å². The van der Waals surface area contributed by atoms with Gasteiger partial charge in [0.1, 0.15) is 5.82 Å². The number of allylic oxidation sites excluding steroid dienone is 1. The lowest BCUT2D eigenvalue weighted by Crippen LogP contribution is -2.08. The molecule has 1 fully saturated rings. The maximum atomic E-state index is 12.7. The molecular formula is C17H17F3N4. The number of halogens is 3. The van der Waals surface area contributed by atoms with Crippen LogP contribution in [0.4, 0.5) is 24.9 Å². The zero-order chi connectivity index (χ0) is 17.5. The summed E-state index contributed by atoms with van der Waals surface area (Å²) in [6.45, 7) is 1.78. The van der Waals surface area contributed by atoms with Crippen LogP contribution in [0.2, 0.25) is 0 Å². The van der Waals surface area contributed by atoms with Crippen molar-refractivity contribution in [1.29, 1.82) is 0 Å². The Balaban J connectivity index is 1.88. The molecule has 0 saturated heterocycles. The number of alkyl halides is 3. The first-order valence-corrected chi connectivity index (χ1v) is 7.48. The summed E-state index contributed by atoms with van der Waals surface area (Å²) in [4.78, 5) is 8.01. The lowest BCUT2D eigenvalue weighted by molar-refractivity contribution is -0.137. The van der Waals surface area contributed by atoms with E-state index in [2.05, 4.69) is 9.97 Å². The smallest absolute Gasteiger partial charge is 0.383 e. The van der Waals surface area contributed by atoms with E-state index in [-0.39, 0.29) is 11.4 Å². The molecule has 0 aliphatic heterocycles. The molecule has 1 heterocycles. The van der Waals surface area contributed by atoms with E-state index in [0.29, 0.717) is 17.1 Å². The van der Waals surface area contributed by atoms with Gasteiger partial charge in [0, 0.05) is 11.0 Å². The molecule has 0 radical (unpaired) electrons. The highest BCUT2D eigenvalue weighted by molar-refractivity contribution is 5.66. The van der Waals surface area contributed by atoms with Gasteiger partial charge < -0.3 is 11.5 Å². The number of anilines is 2. The fourth-order valence-corrected chi connectivity index (χ4v) is 2.75. The molecule has 0 spiro atoms. The molecule has 1 aliphatic rings. The third kappa shape index (κ3) is 3.06. The van der Waals surface area contributed by atoms with Gasteiger partial charge in [-0.2, -0.15) is 18.2 Å². The highest BCUT2D eigenvalue weighted by Crippen LogP contribution is 2.50. The number of hydrogen-bond acceptors (Lipinski definition) is 4. The van der Waals surface area contributed by atoms with Crippen molar-refractivity contribution in [2.75, 3.05) is 11.5 Å². The van der Waals surface area contributed by atoms with Crippen LogP contribution in [0.25, 0.3) is 6.08 Å². The van der Waals surface area contributed by atoms with Gasteiger partial charge in [0.15, 0.2) is 0 Å². The van der Waals surface area contributed by atoms with Gasteiger partial charge >= 0.3 is 6.18 Å². The zero-order valence-corrected chi connectivity index (χ0v) is 13.1. The van der Waals surface area contributed by atoms with Crippen LogP contribution in [0.15, 0.2) is 30.3 Å². The van der Waals surface area contributed by atoms with Gasteiger partial charge in [-0.15, -0.1) is 0 Å². The van der Waals surface area contributed by atoms with Gasteiger partial charge in [-0.3, -0.25) is 0 Å². The summed E-state index contributed by atoms with van der Waals surface area (Å²) >= 11 is 0. The Morgan fingerprint density at radius 1 is 1.08 bits per heavy atom. The summed E-state index contributed by atoms with van der Waals surface area (Å²) in [5.41, 5.74) is 12.7. The van der Waals surface area contributed by atoms with E-state index in [1.807, 2.05) is 12.2 Å². The second kappa shape index (κ2) is 5.51. The Bertz CT molecular complexity index is 767. The van der Waals surface area contributed by atoms with E-state index in [1.54, 1.807) is 6.92 Å². The van der Waals surface area contributed by atoms with Crippen LogP contribution in [-0.2, 0) is 11.6 Å². The second-order valence-electron chi connectivity index (χ2n) is 6.03. The quantitative estimate of drug-likeness (QED) is 0.897. The monoisotopic (exact) mass is 334 g/mol. The Morgan fingerprint density at radius 2 is 1.71 bits per heavy atom. The highest BCUT2D eigenvalue weighted by atomic mass is 19.4. The van der Waals surface area contributed by atoms with E-state index < -0.39 is 11.7 Å². The van der Waals surface area contributed by atoms with Gasteiger partial charge in [0.05, 0.1) is 11.3 Å². The van der Waals surface area contributed by atoms with Crippen LogP contribution >= 0.6 is 0 Å². The summed E-state index contributed by atoms with van der Waals surface area (Å²) in [5.74, 6) is 0.408. The molecule has 2 aromatic rings. The lowest BCUT2D eigenvalue weighted by atomic mass is 9.93. The number of aryl methyl sites for hydroxylation is 1. The standard InChI is InChI=1S/C17H17F3N4/c1-10-13(14(21)24-15(22)23-10)6-7-16(8-9-16)11-2-4-12(5-3-11)17(18,19)20/h2-7H,8-9H2,1H3,(H4,21,22,23,24)/b7-6+. The third-order valence-corrected chi connectivity index (χ3v) is 4.33. The zero-order valence-electron chi connectivity index (χ0n) is 13.1. The van der Waals surface area contributed by atoms with Crippen molar-refractivity contribution in [1.82, 2.24) is 9.97 Å². The fourth-order valence-electron chi connectivity index (χ4n) is 2.75. The van der Waals surface area contributed by atoms with E-state index >= 15 is 0 Å². The largest absolute Gasteiger partial charge is 0.416 e. The van der Waals surface area contributed by atoms with Crippen LogP contribution in [0.1, 0.15) is 35.2 Å². The van der Waals surface area contributed by atoms with Gasteiger partial charge in [-0.25, -0.2) is 4.98 Å². The molecule has 0 unspecified atom stereocenters. The van der Waals surface area contributed by atoms with Crippen LogP contribution in [0.5, 0.6) is 0 Å². The molecule has 24 heavy (non-hydrogen) atoms. The number of hydrogen-bond donors (Lipinski definition) is 2. The number of nitrogens with zero attached hydrogens (tertiary/aromatic N) is 2. The highest BCUT2D eigenvalue weighted by Gasteiger charge is 2.42. The molecule has 0 amide bonds. The summed E-state index contributed by atoms with van der Waals surface area (Å²) in [5, 5.41) is 0. The maximum absolute atomic E-state index is 12.7. The van der Waals surface area contributed by atoms with Crippen LogP contribution in [0, 0.1) is 6.92 Å². The van der Waals surface area contributed by atoms with Gasteiger partial charge in [-0.05, 0) is 37.5 Å². The maximum Gasteiger partial charge on any atom is 0.416 e. The molecule has 4 N–H and O–H groups in total. The minimum atomic E-state index is -4.32. The van der Waals surface area contributed by atoms with E-state index in [0.717, 1.165) is 30.5 Å². The Hall–Kier alpha value is -2.57. The predicted molar refractivity (Wildman–Crippen MR) is 87.0 cm³/mol. The normalized spacial score (nSPS) is 16.5. The van der Waals surface area contributed by atoms with E-state index in [4.69, 9.17) is 11.5 Å². The third-order valence-electron chi connectivity index (χ3n) is 4.33.